The number of benzene rings is 1. The zero-order valence-corrected chi connectivity index (χ0v) is 12.2. The van der Waals surface area contributed by atoms with Crippen molar-refractivity contribution in [2.75, 3.05) is 20.1 Å². The monoisotopic (exact) mass is 300 g/mol. The average Bonchev–Trinajstić information content (AvgIpc) is 2.81. The normalized spacial score (nSPS) is 17.1. The van der Waals surface area contributed by atoms with E-state index in [4.69, 9.17) is 5.26 Å². The lowest BCUT2D eigenvalue weighted by molar-refractivity contribution is -0.136. The molecule has 1 aromatic rings. The maximum Gasteiger partial charge on any atom is 0.325 e. The zero-order valence-electron chi connectivity index (χ0n) is 12.2. The lowest BCUT2D eigenvalue weighted by Gasteiger charge is -2.19. The third kappa shape index (κ3) is 3.23. The van der Waals surface area contributed by atoms with E-state index < -0.39 is 18.0 Å². The van der Waals surface area contributed by atoms with Crippen LogP contribution in [-0.2, 0) is 9.59 Å². The Kier molecular flexibility index (Phi) is 4.73. The van der Waals surface area contributed by atoms with Crippen LogP contribution in [0.1, 0.15) is 18.0 Å². The van der Waals surface area contributed by atoms with Gasteiger partial charge in [0.25, 0.3) is 5.91 Å². The van der Waals surface area contributed by atoms with E-state index in [9.17, 15) is 14.4 Å². The maximum absolute atomic E-state index is 12.3. The molecule has 0 aliphatic carbocycles. The Morgan fingerprint density at radius 1 is 1.36 bits per heavy atom. The van der Waals surface area contributed by atoms with Crippen molar-refractivity contribution in [1.29, 1.82) is 5.26 Å². The second kappa shape index (κ2) is 6.72. The van der Waals surface area contributed by atoms with Gasteiger partial charge in [-0.2, -0.15) is 5.26 Å². The highest BCUT2D eigenvalue weighted by molar-refractivity contribution is 6.06. The van der Waals surface area contributed by atoms with Crippen LogP contribution in [0.15, 0.2) is 30.3 Å². The molecule has 1 fully saturated rings. The smallest absolute Gasteiger partial charge is 0.325 e. The third-order valence-corrected chi connectivity index (χ3v) is 3.44. The van der Waals surface area contributed by atoms with Crippen LogP contribution in [0, 0.1) is 11.3 Å². The summed E-state index contributed by atoms with van der Waals surface area (Å²) in [7, 11) is 1.53. The molecule has 2 rings (SSSR count). The van der Waals surface area contributed by atoms with Crippen LogP contribution < -0.4 is 5.32 Å². The molecule has 1 aliphatic heterocycles. The molecule has 1 aromatic carbocycles. The van der Waals surface area contributed by atoms with Gasteiger partial charge in [-0.25, -0.2) is 4.79 Å². The Hall–Kier alpha value is -2.88. The van der Waals surface area contributed by atoms with Crippen molar-refractivity contribution >= 4 is 17.8 Å². The van der Waals surface area contributed by atoms with Crippen LogP contribution in [0.3, 0.4) is 0 Å². The number of carbonyl (C=O) groups is 3. The number of nitrogens with one attached hydrogen (secondary N) is 1. The first-order chi connectivity index (χ1) is 10.5. The van der Waals surface area contributed by atoms with Crippen molar-refractivity contribution in [1.82, 2.24) is 15.1 Å². The topological polar surface area (TPSA) is 93.5 Å². The van der Waals surface area contributed by atoms with Crippen molar-refractivity contribution < 1.29 is 14.4 Å². The van der Waals surface area contributed by atoms with Gasteiger partial charge in [-0.1, -0.05) is 30.3 Å². The zero-order chi connectivity index (χ0) is 16.1. The fourth-order valence-corrected chi connectivity index (χ4v) is 2.14. The molecule has 1 N–H and O–H groups in total. The molecule has 1 unspecified atom stereocenters. The number of rotatable bonds is 5. The van der Waals surface area contributed by atoms with E-state index in [1.807, 2.05) is 12.1 Å². The summed E-state index contributed by atoms with van der Waals surface area (Å²) in [5, 5.41) is 11.1. The molecule has 0 spiro atoms. The molecule has 1 aliphatic rings. The van der Waals surface area contributed by atoms with Gasteiger partial charge >= 0.3 is 6.03 Å². The molecule has 7 nitrogen and oxygen atoms in total. The number of imide groups is 1. The Bertz CT molecular complexity index is 623. The number of nitriles is 1. The Morgan fingerprint density at radius 3 is 2.68 bits per heavy atom. The van der Waals surface area contributed by atoms with Gasteiger partial charge in [0.1, 0.15) is 12.6 Å². The van der Waals surface area contributed by atoms with E-state index in [1.54, 1.807) is 24.3 Å². The van der Waals surface area contributed by atoms with Crippen molar-refractivity contribution in [3.63, 3.8) is 0 Å². The highest BCUT2D eigenvalue weighted by Crippen LogP contribution is 2.21. The number of nitrogens with zero attached hydrogens (tertiary/aromatic N) is 3. The van der Waals surface area contributed by atoms with Gasteiger partial charge in [-0.3, -0.25) is 14.5 Å². The van der Waals surface area contributed by atoms with Gasteiger partial charge in [0.15, 0.2) is 0 Å². The van der Waals surface area contributed by atoms with E-state index in [0.29, 0.717) is 5.56 Å². The fraction of sp³-hybridized carbons (Fsp3) is 0.333. The van der Waals surface area contributed by atoms with Gasteiger partial charge in [-0.15, -0.1) is 0 Å². The molecule has 22 heavy (non-hydrogen) atoms. The standard InChI is InChI=1S/C15H16N4O3/c1-18(9-5-8-16)12(20)10-19-14(21)13(17-15(19)22)11-6-3-2-4-7-11/h2-4,6-7,13H,5,9-10H2,1H3,(H,17,22). The third-order valence-electron chi connectivity index (χ3n) is 3.44. The maximum atomic E-state index is 12.3. The van der Waals surface area contributed by atoms with Crippen LogP contribution in [0.5, 0.6) is 0 Å². The summed E-state index contributed by atoms with van der Waals surface area (Å²) in [4.78, 5) is 38.4. The van der Waals surface area contributed by atoms with Gasteiger partial charge in [0, 0.05) is 13.6 Å². The minimum absolute atomic E-state index is 0.203. The first-order valence-corrected chi connectivity index (χ1v) is 6.82. The van der Waals surface area contributed by atoms with Crippen LogP contribution >= 0.6 is 0 Å². The summed E-state index contributed by atoms with van der Waals surface area (Å²) < 4.78 is 0. The number of carbonyl (C=O) groups excluding carboxylic acids is 3. The van der Waals surface area contributed by atoms with E-state index >= 15 is 0 Å². The van der Waals surface area contributed by atoms with E-state index in [1.165, 1.54) is 11.9 Å². The molecule has 0 radical (unpaired) electrons. The van der Waals surface area contributed by atoms with Gasteiger partial charge < -0.3 is 10.2 Å². The molecular formula is C15H16N4O3. The minimum Gasteiger partial charge on any atom is -0.343 e. The second-order valence-electron chi connectivity index (χ2n) is 4.94. The van der Waals surface area contributed by atoms with Crippen molar-refractivity contribution in [2.45, 2.75) is 12.5 Å². The molecule has 1 heterocycles. The molecule has 0 saturated carbocycles. The molecule has 1 atom stereocenters. The lowest BCUT2D eigenvalue weighted by Crippen LogP contribution is -2.41. The van der Waals surface area contributed by atoms with Crippen molar-refractivity contribution in [2.24, 2.45) is 0 Å². The molecule has 7 heteroatoms. The van der Waals surface area contributed by atoms with Crippen molar-refractivity contribution in [3.05, 3.63) is 35.9 Å². The van der Waals surface area contributed by atoms with E-state index in [0.717, 1.165) is 4.90 Å². The number of hydrogen-bond acceptors (Lipinski definition) is 4. The van der Waals surface area contributed by atoms with Crippen LogP contribution in [0.4, 0.5) is 4.79 Å². The average molecular weight is 300 g/mol. The quantitative estimate of drug-likeness (QED) is 0.808. The van der Waals surface area contributed by atoms with Crippen LogP contribution in [0.2, 0.25) is 0 Å². The first-order valence-electron chi connectivity index (χ1n) is 6.82. The number of hydrogen-bond donors (Lipinski definition) is 1. The molecule has 4 amide bonds. The van der Waals surface area contributed by atoms with E-state index in [2.05, 4.69) is 5.32 Å². The number of amides is 4. The van der Waals surface area contributed by atoms with Crippen LogP contribution in [-0.4, -0.2) is 47.8 Å². The van der Waals surface area contributed by atoms with Gasteiger partial charge in [0.05, 0.1) is 12.5 Å². The number of urea groups is 1. The summed E-state index contributed by atoms with van der Waals surface area (Å²) >= 11 is 0. The Labute approximate surface area is 128 Å². The molecule has 0 aromatic heterocycles. The highest BCUT2D eigenvalue weighted by Gasteiger charge is 2.40. The molecule has 1 saturated heterocycles. The second-order valence-corrected chi connectivity index (χ2v) is 4.94. The predicted molar refractivity (Wildman–Crippen MR) is 77.3 cm³/mol. The van der Waals surface area contributed by atoms with Crippen molar-refractivity contribution in [3.8, 4) is 6.07 Å². The molecule has 114 valence electrons. The SMILES string of the molecule is CN(CCC#N)C(=O)CN1C(=O)NC(c2ccccc2)C1=O. The predicted octanol–water partition coefficient (Wildman–Crippen LogP) is 0.652. The minimum atomic E-state index is -0.758. The van der Waals surface area contributed by atoms with Crippen LogP contribution in [0.25, 0.3) is 0 Å². The van der Waals surface area contributed by atoms with E-state index in [-0.39, 0.29) is 25.4 Å². The largest absolute Gasteiger partial charge is 0.343 e. The summed E-state index contributed by atoms with van der Waals surface area (Å²) in [5.74, 6) is -0.828. The number of likely N-dealkylation sites (N-methyl/N-ethyl adjacent to an activating group) is 1. The highest BCUT2D eigenvalue weighted by atomic mass is 16.2. The van der Waals surface area contributed by atoms with Gasteiger partial charge in [0.2, 0.25) is 5.91 Å². The fourth-order valence-electron chi connectivity index (χ4n) is 2.14. The summed E-state index contributed by atoms with van der Waals surface area (Å²) in [6, 6.07) is 9.45. The summed E-state index contributed by atoms with van der Waals surface area (Å²) in [5.41, 5.74) is 0.675. The lowest BCUT2D eigenvalue weighted by atomic mass is 10.1. The Balaban J connectivity index is 2.04. The molecular weight excluding hydrogens is 284 g/mol. The Morgan fingerprint density at radius 2 is 2.05 bits per heavy atom. The molecule has 0 bridgehead atoms. The first kappa shape index (κ1) is 15.5. The summed E-state index contributed by atoms with van der Waals surface area (Å²) in [6.07, 6.45) is 0.203. The summed E-state index contributed by atoms with van der Waals surface area (Å²) in [6.45, 7) is -0.0585. The van der Waals surface area contributed by atoms with Gasteiger partial charge in [-0.05, 0) is 5.56 Å².